The fraction of sp³-hybridized carbons (Fsp3) is 0. The quantitative estimate of drug-likeness (QED) is 0.142. The lowest BCUT2D eigenvalue weighted by molar-refractivity contribution is 1.78. The fourth-order valence-corrected chi connectivity index (χ4v) is 7.16. The van der Waals surface area contributed by atoms with Crippen LogP contribution in [0, 0.1) is 0 Å². The van der Waals surface area contributed by atoms with E-state index >= 15 is 0 Å². The average molecular weight is 505 g/mol. The predicted molar refractivity (Wildman–Crippen MR) is 175 cm³/mol. The minimum atomic E-state index is 1.33. The first-order valence-corrected chi connectivity index (χ1v) is 14.0. The van der Waals surface area contributed by atoms with Crippen LogP contribution in [-0.2, 0) is 0 Å². The van der Waals surface area contributed by atoms with Gasteiger partial charge in [0.1, 0.15) is 0 Å². The van der Waals surface area contributed by atoms with E-state index in [9.17, 15) is 0 Å². The van der Waals surface area contributed by atoms with Crippen molar-refractivity contribution in [3.05, 3.63) is 146 Å². The zero-order chi connectivity index (χ0) is 26.2. The Morgan fingerprint density at radius 1 is 0.175 bits per heavy atom. The number of hydrogen-bond acceptors (Lipinski definition) is 0. The highest BCUT2D eigenvalue weighted by atomic mass is 14.2. The molecule has 10 aromatic carbocycles. The van der Waals surface area contributed by atoms with Crippen molar-refractivity contribution < 1.29 is 0 Å². The van der Waals surface area contributed by atoms with Crippen LogP contribution in [0.15, 0.2) is 146 Å². The molecule has 0 saturated heterocycles. The third-order valence-corrected chi connectivity index (χ3v) is 8.78. The first kappa shape index (κ1) is 21.7. The Balaban J connectivity index is 0.000000115. The molecule has 0 nitrogen and oxygen atoms in total. The third-order valence-electron chi connectivity index (χ3n) is 8.78. The average Bonchev–Trinajstić information content (AvgIpc) is 3.02. The molecule has 0 spiro atoms. The van der Waals surface area contributed by atoms with E-state index in [-0.39, 0.29) is 0 Å². The molecule has 0 aliphatic rings. The van der Waals surface area contributed by atoms with Crippen molar-refractivity contribution in [1.29, 1.82) is 0 Å². The van der Waals surface area contributed by atoms with Crippen LogP contribution >= 0.6 is 0 Å². The maximum atomic E-state index is 2.25. The van der Waals surface area contributed by atoms with E-state index in [2.05, 4.69) is 146 Å². The number of rotatable bonds is 0. The second-order valence-corrected chi connectivity index (χ2v) is 10.8. The van der Waals surface area contributed by atoms with Crippen LogP contribution in [0.2, 0.25) is 0 Å². The molecule has 0 aliphatic heterocycles. The van der Waals surface area contributed by atoms with Gasteiger partial charge in [0.15, 0.2) is 0 Å². The molecular formula is C40H24. The molecule has 0 atom stereocenters. The fourth-order valence-electron chi connectivity index (χ4n) is 7.16. The molecule has 10 rings (SSSR count). The van der Waals surface area contributed by atoms with E-state index in [4.69, 9.17) is 0 Å². The smallest absolute Gasteiger partial charge is 0.00264 e. The van der Waals surface area contributed by atoms with Gasteiger partial charge in [-0.05, 0) is 86.2 Å². The van der Waals surface area contributed by atoms with Crippen molar-refractivity contribution in [3.8, 4) is 0 Å². The number of hydrogen-bond donors (Lipinski definition) is 0. The van der Waals surface area contributed by atoms with E-state index in [0.717, 1.165) is 0 Å². The Morgan fingerprint density at radius 3 is 0.475 bits per heavy atom. The molecule has 0 heterocycles. The summed E-state index contributed by atoms with van der Waals surface area (Å²) in [5, 5.41) is 21.8. The molecule has 0 aromatic heterocycles. The van der Waals surface area contributed by atoms with E-state index < -0.39 is 0 Å². The van der Waals surface area contributed by atoms with Crippen LogP contribution in [0.3, 0.4) is 0 Å². The van der Waals surface area contributed by atoms with Gasteiger partial charge in [-0.3, -0.25) is 0 Å². The highest BCUT2D eigenvalue weighted by Crippen LogP contribution is 2.41. The summed E-state index contributed by atoms with van der Waals surface area (Å²) in [6.07, 6.45) is 0. The molecule has 0 bridgehead atoms. The van der Waals surface area contributed by atoms with Crippen molar-refractivity contribution in [3.63, 3.8) is 0 Å². The highest BCUT2D eigenvalue weighted by molar-refractivity contribution is 6.34. The molecule has 0 aliphatic carbocycles. The Hall–Kier alpha value is -5.20. The summed E-state index contributed by atoms with van der Waals surface area (Å²) in [5.41, 5.74) is 0. The van der Waals surface area contributed by atoms with E-state index in [1.165, 1.54) is 86.2 Å². The van der Waals surface area contributed by atoms with Crippen molar-refractivity contribution in [2.75, 3.05) is 0 Å². The molecular weight excluding hydrogens is 480 g/mol. The largest absolute Gasteiger partial charge is 0.0610 e. The summed E-state index contributed by atoms with van der Waals surface area (Å²) in [4.78, 5) is 0. The first-order valence-electron chi connectivity index (χ1n) is 14.0. The van der Waals surface area contributed by atoms with Crippen molar-refractivity contribution in [2.24, 2.45) is 0 Å². The summed E-state index contributed by atoms with van der Waals surface area (Å²) >= 11 is 0. The maximum absolute atomic E-state index is 2.25. The minimum absolute atomic E-state index is 1.33. The summed E-state index contributed by atoms with van der Waals surface area (Å²) in [5.74, 6) is 0. The lowest BCUT2D eigenvalue weighted by atomic mass is 9.90. The van der Waals surface area contributed by atoms with Crippen molar-refractivity contribution in [1.82, 2.24) is 0 Å². The van der Waals surface area contributed by atoms with Crippen LogP contribution < -0.4 is 0 Å². The molecule has 0 unspecified atom stereocenters. The maximum Gasteiger partial charge on any atom is -0.00264 e. The van der Waals surface area contributed by atoms with Gasteiger partial charge in [0, 0.05) is 0 Å². The molecule has 10 aromatic rings. The minimum Gasteiger partial charge on any atom is -0.0610 e. The molecule has 0 saturated carbocycles. The van der Waals surface area contributed by atoms with Gasteiger partial charge in [0.25, 0.3) is 0 Å². The van der Waals surface area contributed by atoms with Gasteiger partial charge in [-0.1, -0.05) is 146 Å². The summed E-state index contributed by atoms with van der Waals surface area (Å²) in [6.45, 7) is 0. The van der Waals surface area contributed by atoms with Gasteiger partial charge in [0.05, 0.1) is 0 Å². The van der Waals surface area contributed by atoms with Gasteiger partial charge in [-0.15, -0.1) is 0 Å². The lowest BCUT2D eigenvalue weighted by Gasteiger charge is -2.13. The summed E-state index contributed by atoms with van der Waals surface area (Å²) in [6, 6.07) is 52.9. The Bertz CT molecular complexity index is 2010. The van der Waals surface area contributed by atoms with Crippen molar-refractivity contribution >= 4 is 86.2 Å². The molecule has 184 valence electrons. The molecule has 0 amide bonds. The predicted octanol–water partition coefficient (Wildman–Crippen LogP) is 11.5. The van der Waals surface area contributed by atoms with E-state index in [1.54, 1.807) is 0 Å². The molecule has 0 radical (unpaired) electrons. The molecule has 0 N–H and O–H groups in total. The van der Waals surface area contributed by atoms with Gasteiger partial charge >= 0.3 is 0 Å². The topological polar surface area (TPSA) is 0 Å². The lowest BCUT2D eigenvalue weighted by Crippen LogP contribution is -1.85. The van der Waals surface area contributed by atoms with Gasteiger partial charge in [-0.2, -0.15) is 0 Å². The normalized spacial score (nSPS) is 12.0. The summed E-state index contributed by atoms with van der Waals surface area (Å²) in [7, 11) is 0. The van der Waals surface area contributed by atoms with Crippen molar-refractivity contribution in [2.45, 2.75) is 0 Å². The Kier molecular flexibility index (Phi) is 4.42. The van der Waals surface area contributed by atoms with Gasteiger partial charge in [-0.25, -0.2) is 0 Å². The number of benzene rings is 10. The van der Waals surface area contributed by atoms with Crippen LogP contribution in [0.5, 0.6) is 0 Å². The monoisotopic (exact) mass is 504 g/mol. The zero-order valence-electron chi connectivity index (χ0n) is 21.9. The van der Waals surface area contributed by atoms with Crippen LogP contribution in [-0.4, -0.2) is 0 Å². The SMILES string of the molecule is c1cc2cccc3c4cccc5cccc(c(c1)c23)c54.c1cc2cccc3c4cccc5cccc(c(c1)c23)c54. The molecule has 0 fully saturated rings. The standard InChI is InChI=1S/2C20H12/c2*1-5-13-6-2-11-17-18-12-4-8-14-7-3-10-16(20(14)18)15(9-1)19(13)17/h2*1-12H. The first-order chi connectivity index (χ1) is 19.9. The molecule has 40 heavy (non-hydrogen) atoms. The summed E-state index contributed by atoms with van der Waals surface area (Å²) < 4.78 is 0. The van der Waals surface area contributed by atoms with Crippen LogP contribution in [0.4, 0.5) is 0 Å². The van der Waals surface area contributed by atoms with E-state index in [1.807, 2.05) is 0 Å². The molecule has 0 heteroatoms. The highest BCUT2D eigenvalue weighted by Gasteiger charge is 2.12. The van der Waals surface area contributed by atoms with E-state index in [0.29, 0.717) is 0 Å². The zero-order valence-corrected chi connectivity index (χ0v) is 21.9. The second kappa shape index (κ2) is 8.15. The van der Waals surface area contributed by atoms with Crippen LogP contribution in [0.1, 0.15) is 0 Å². The number of fused-ring (bicyclic) bond motifs is 4. The van der Waals surface area contributed by atoms with Gasteiger partial charge < -0.3 is 0 Å². The second-order valence-electron chi connectivity index (χ2n) is 10.8. The Morgan fingerprint density at radius 2 is 0.325 bits per heavy atom. The van der Waals surface area contributed by atoms with Crippen LogP contribution in [0.25, 0.3) is 86.2 Å². The third kappa shape index (κ3) is 2.91. The van der Waals surface area contributed by atoms with Gasteiger partial charge in [0.2, 0.25) is 0 Å². The Labute approximate surface area is 231 Å².